The van der Waals surface area contributed by atoms with Gasteiger partial charge in [-0.15, -0.1) is 6.42 Å². The Bertz CT molecular complexity index is 808. The van der Waals surface area contributed by atoms with Gasteiger partial charge in [0.1, 0.15) is 11.3 Å². The van der Waals surface area contributed by atoms with Crippen LogP contribution in [0.1, 0.15) is 40.5 Å². The predicted molar refractivity (Wildman–Crippen MR) is 87.5 cm³/mol. The molecule has 0 N–H and O–H groups in total. The standard InChI is InChI=1S/C18H18F3N3O/c1-4-10-24(11-13-9-7-6-8-12(13)5-2)18(25)14-15(16(19)20)22-23(3)17(14)21/h1,6-9,16H,5,10-11H2,2-3H3. The van der Waals surface area contributed by atoms with Gasteiger partial charge in [-0.2, -0.15) is 9.49 Å². The van der Waals surface area contributed by atoms with E-state index in [1.165, 1.54) is 4.90 Å². The third-order valence-electron chi connectivity index (χ3n) is 3.85. The molecule has 0 spiro atoms. The van der Waals surface area contributed by atoms with Crippen LogP contribution in [0.25, 0.3) is 0 Å². The molecule has 0 unspecified atom stereocenters. The highest BCUT2D eigenvalue weighted by Gasteiger charge is 2.31. The molecular formula is C18H18F3N3O. The second kappa shape index (κ2) is 7.88. The Morgan fingerprint density at radius 1 is 1.36 bits per heavy atom. The van der Waals surface area contributed by atoms with Gasteiger partial charge in [-0.05, 0) is 17.5 Å². The molecule has 25 heavy (non-hydrogen) atoms. The van der Waals surface area contributed by atoms with Crippen molar-refractivity contribution in [1.29, 1.82) is 0 Å². The van der Waals surface area contributed by atoms with E-state index in [0.29, 0.717) is 4.68 Å². The van der Waals surface area contributed by atoms with Crippen LogP contribution < -0.4 is 0 Å². The number of nitrogens with zero attached hydrogens (tertiary/aromatic N) is 3. The average molecular weight is 349 g/mol. The zero-order valence-corrected chi connectivity index (χ0v) is 14.0. The Morgan fingerprint density at radius 2 is 2.00 bits per heavy atom. The lowest BCUT2D eigenvalue weighted by Gasteiger charge is -2.22. The molecule has 0 aliphatic rings. The SMILES string of the molecule is C#CCN(Cc1ccccc1CC)C(=O)c1c(C(F)F)nn(C)c1F. The second-order valence-electron chi connectivity index (χ2n) is 5.46. The summed E-state index contributed by atoms with van der Waals surface area (Å²) in [4.78, 5) is 13.9. The van der Waals surface area contributed by atoms with Crippen molar-refractivity contribution in [2.24, 2.45) is 7.05 Å². The summed E-state index contributed by atoms with van der Waals surface area (Å²) >= 11 is 0. The number of aromatic nitrogens is 2. The number of alkyl halides is 2. The summed E-state index contributed by atoms with van der Waals surface area (Å²) < 4.78 is 41.1. The first-order valence-electron chi connectivity index (χ1n) is 7.70. The van der Waals surface area contributed by atoms with Crippen molar-refractivity contribution in [2.75, 3.05) is 6.54 Å². The van der Waals surface area contributed by atoms with Crippen LogP contribution in [0.5, 0.6) is 0 Å². The van der Waals surface area contributed by atoms with E-state index in [-0.39, 0.29) is 13.1 Å². The summed E-state index contributed by atoms with van der Waals surface area (Å²) in [5, 5.41) is 3.41. The minimum absolute atomic E-state index is 0.101. The molecule has 1 heterocycles. The van der Waals surface area contributed by atoms with Crippen LogP contribution in [0.4, 0.5) is 13.2 Å². The number of rotatable bonds is 6. The summed E-state index contributed by atoms with van der Waals surface area (Å²) in [6.45, 7) is 1.93. The first-order chi connectivity index (χ1) is 11.9. The zero-order valence-electron chi connectivity index (χ0n) is 14.0. The van der Waals surface area contributed by atoms with Crippen LogP contribution in [-0.4, -0.2) is 27.1 Å². The highest BCUT2D eigenvalue weighted by atomic mass is 19.3. The van der Waals surface area contributed by atoms with Crippen LogP contribution in [0.15, 0.2) is 24.3 Å². The Labute approximate surface area is 144 Å². The molecular weight excluding hydrogens is 331 g/mol. The molecule has 1 amide bonds. The minimum atomic E-state index is -3.06. The van der Waals surface area contributed by atoms with Crippen LogP contribution in [-0.2, 0) is 20.0 Å². The van der Waals surface area contributed by atoms with Gasteiger partial charge in [0.05, 0.1) is 6.54 Å². The quantitative estimate of drug-likeness (QED) is 0.750. The van der Waals surface area contributed by atoms with E-state index in [4.69, 9.17) is 6.42 Å². The van der Waals surface area contributed by atoms with Gasteiger partial charge in [-0.3, -0.25) is 4.79 Å². The Kier molecular flexibility index (Phi) is 5.86. The zero-order chi connectivity index (χ0) is 18.6. The number of terminal acetylenes is 1. The molecule has 0 saturated heterocycles. The lowest BCUT2D eigenvalue weighted by molar-refractivity contribution is 0.0747. The van der Waals surface area contributed by atoms with Gasteiger partial charge in [0.2, 0.25) is 5.95 Å². The van der Waals surface area contributed by atoms with E-state index in [1.54, 1.807) is 0 Å². The molecule has 1 aromatic heterocycles. The molecule has 0 aliphatic carbocycles. The molecule has 7 heteroatoms. The smallest absolute Gasteiger partial charge is 0.283 e. The number of aryl methyl sites for hydroxylation is 2. The topological polar surface area (TPSA) is 38.1 Å². The minimum Gasteiger partial charge on any atom is -0.323 e. The van der Waals surface area contributed by atoms with Crippen LogP contribution in [0, 0.1) is 18.3 Å². The van der Waals surface area contributed by atoms with E-state index < -0.39 is 29.5 Å². The van der Waals surface area contributed by atoms with Crippen LogP contribution in [0.2, 0.25) is 0 Å². The number of halogens is 3. The third kappa shape index (κ3) is 3.85. The Hall–Kier alpha value is -2.75. The molecule has 2 rings (SSSR count). The molecule has 0 radical (unpaired) electrons. The molecule has 0 saturated carbocycles. The maximum atomic E-state index is 14.2. The van der Waals surface area contributed by atoms with Crippen molar-refractivity contribution in [2.45, 2.75) is 26.3 Å². The second-order valence-corrected chi connectivity index (χ2v) is 5.46. The van der Waals surface area contributed by atoms with Gasteiger partial charge < -0.3 is 4.90 Å². The molecule has 2 aromatic rings. The number of carbonyl (C=O) groups excluding carboxylic acids is 1. The van der Waals surface area contributed by atoms with Gasteiger partial charge in [-0.1, -0.05) is 37.1 Å². The van der Waals surface area contributed by atoms with E-state index in [9.17, 15) is 18.0 Å². The Morgan fingerprint density at radius 3 is 2.56 bits per heavy atom. The molecule has 0 fully saturated rings. The van der Waals surface area contributed by atoms with Gasteiger partial charge >= 0.3 is 0 Å². The van der Waals surface area contributed by atoms with Crippen molar-refractivity contribution in [1.82, 2.24) is 14.7 Å². The first-order valence-corrected chi connectivity index (χ1v) is 7.70. The van der Waals surface area contributed by atoms with Gasteiger partial charge in [0.15, 0.2) is 0 Å². The maximum absolute atomic E-state index is 14.2. The summed E-state index contributed by atoms with van der Waals surface area (Å²) in [5.74, 6) is 0.315. The molecule has 0 bridgehead atoms. The normalized spacial score (nSPS) is 10.8. The van der Waals surface area contributed by atoms with Crippen molar-refractivity contribution >= 4 is 5.91 Å². The van der Waals surface area contributed by atoms with Crippen LogP contribution in [0.3, 0.4) is 0 Å². The Balaban J connectivity index is 2.41. The van der Waals surface area contributed by atoms with E-state index in [2.05, 4.69) is 11.0 Å². The molecule has 132 valence electrons. The fourth-order valence-electron chi connectivity index (χ4n) is 2.60. The number of hydrogen-bond donors (Lipinski definition) is 0. The molecule has 0 atom stereocenters. The third-order valence-corrected chi connectivity index (χ3v) is 3.85. The molecule has 4 nitrogen and oxygen atoms in total. The summed E-state index contributed by atoms with van der Waals surface area (Å²) in [6.07, 6.45) is 2.97. The highest BCUT2D eigenvalue weighted by molar-refractivity contribution is 5.95. The first kappa shape index (κ1) is 18.6. The number of hydrogen-bond acceptors (Lipinski definition) is 2. The fraction of sp³-hybridized carbons (Fsp3) is 0.333. The number of carbonyl (C=O) groups is 1. The number of benzene rings is 1. The predicted octanol–water partition coefficient (Wildman–Crippen LogP) is 3.33. The summed E-state index contributed by atoms with van der Waals surface area (Å²) in [5.41, 5.74) is 0.215. The van der Waals surface area contributed by atoms with Crippen molar-refractivity contribution < 1.29 is 18.0 Å². The maximum Gasteiger partial charge on any atom is 0.283 e. The largest absolute Gasteiger partial charge is 0.323 e. The van der Waals surface area contributed by atoms with Crippen LogP contribution >= 0.6 is 0 Å². The number of amides is 1. The molecule has 1 aromatic carbocycles. The summed E-state index contributed by atoms with van der Waals surface area (Å²) in [7, 11) is 1.16. The van der Waals surface area contributed by atoms with E-state index in [0.717, 1.165) is 24.6 Å². The highest BCUT2D eigenvalue weighted by Crippen LogP contribution is 2.25. The van der Waals surface area contributed by atoms with E-state index >= 15 is 0 Å². The fourth-order valence-corrected chi connectivity index (χ4v) is 2.60. The lowest BCUT2D eigenvalue weighted by Crippen LogP contribution is -2.32. The summed E-state index contributed by atoms with van der Waals surface area (Å²) in [6, 6.07) is 7.40. The van der Waals surface area contributed by atoms with Crippen molar-refractivity contribution in [3.63, 3.8) is 0 Å². The van der Waals surface area contributed by atoms with Gasteiger partial charge in [0.25, 0.3) is 12.3 Å². The monoisotopic (exact) mass is 349 g/mol. The van der Waals surface area contributed by atoms with E-state index in [1.807, 2.05) is 31.2 Å². The van der Waals surface area contributed by atoms with Crippen molar-refractivity contribution in [3.8, 4) is 12.3 Å². The van der Waals surface area contributed by atoms with Gasteiger partial charge in [-0.25, -0.2) is 13.5 Å². The molecule has 0 aliphatic heterocycles. The van der Waals surface area contributed by atoms with Crippen molar-refractivity contribution in [3.05, 3.63) is 52.6 Å². The average Bonchev–Trinajstić information content (AvgIpc) is 2.90. The lowest BCUT2D eigenvalue weighted by atomic mass is 10.0. The van der Waals surface area contributed by atoms with Gasteiger partial charge in [0, 0.05) is 13.6 Å².